The summed E-state index contributed by atoms with van der Waals surface area (Å²) in [6.07, 6.45) is 1.49. The summed E-state index contributed by atoms with van der Waals surface area (Å²) in [5.41, 5.74) is 3.10. The zero-order chi connectivity index (χ0) is 20.0. The van der Waals surface area contributed by atoms with Crippen molar-refractivity contribution in [1.29, 1.82) is 0 Å². The molecular formula is C24H32N2O2. The molecule has 0 aromatic heterocycles. The Morgan fingerprint density at radius 1 is 0.929 bits per heavy atom. The van der Waals surface area contributed by atoms with Gasteiger partial charge in [0.1, 0.15) is 0 Å². The van der Waals surface area contributed by atoms with E-state index in [1.54, 1.807) is 0 Å². The highest BCUT2D eigenvalue weighted by Gasteiger charge is 2.43. The normalized spacial score (nSPS) is 16.1. The van der Waals surface area contributed by atoms with E-state index in [9.17, 15) is 4.79 Å². The smallest absolute Gasteiger partial charge is 0.233 e. The van der Waals surface area contributed by atoms with Crippen molar-refractivity contribution in [2.75, 3.05) is 33.9 Å². The number of likely N-dealkylation sites (N-methyl/N-ethyl adjacent to an activating group) is 1. The molecular weight excluding hydrogens is 348 g/mol. The third-order valence-electron chi connectivity index (χ3n) is 5.65. The van der Waals surface area contributed by atoms with Crippen molar-refractivity contribution in [3.05, 3.63) is 71.3 Å². The first-order valence-electron chi connectivity index (χ1n) is 10.2. The maximum Gasteiger partial charge on any atom is 0.233 e. The lowest BCUT2D eigenvalue weighted by Gasteiger charge is -2.40. The maximum absolute atomic E-state index is 13.7. The monoisotopic (exact) mass is 380 g/mol. The predicted octanol–water partition coefficient (Wildman–Crippen LogP) is 3.85. The number of ether oxygens (including phenoxy) is 1. The van der Waals surface area contributed by atoms with Crippen LogP contribution in [0, 0.1) is 0 Å². The maximum atomic E-state index is 13.7. The van der Waals surface area contributed by atoms with Crippen LogP contribution in [0.3, 0.4) is 0 Å². The van der Waals surface area contributed by atoms with E-state index in [0.29, 0.717) is 26.3 Å². The molecule has 1 amide bonds. The summed E-state index contributed by atoms with van der Waals surface area (Å²) in [4.78, 5) is 17.9. The molecule has 2 aromatic rings. The van der Waals surface area contributed by atoms with Crippen LogP contribution < -0.4 is 0 Å². The second kappa shape index (κ2) is 9.35. The van der Waals surface area contributed by atoms with Crippen molar-refractivity contribution in [3.8, 4) is 0 Å². The van der Waals surface area contributed by atoms with Crippen molar-refractivity contribution in [2.45, 2.75) is 38.3 Å². The van der Waals surface area contributed by atoms with Gasteiger partial charge in [-0.05, 0) is 50.6 Å². The molecule has 28 heavy (non-hydrogen) atoms. The molecule has 3 rings (SSSR count). The van der Waals surface area contributed by atoms with Crippen LogP contribution in [-0.4, -0.2) is 49.6 Å². The molecule has 150 valence electrons. The molecule has 1 aliphatic rings. The standard InChI is InChI=1S/C24H32N2O2/c1-4-26(19-21-12-10-20(11-13-21)18-25(2)3)23(27)24(14-16-28-17-15-24)22-8-6-5-7-9-22/h5-13H,4,14-19H2,1-3H3. The summed E-state index contributed by atoms with van der Waals surface area (Å²) in [6, 6.07) is 18.9. The van der Waals surface area contributed by atoms with Crippen molar-refractivity contribution in [1.82, 2.24) is 9.80 Å². The van der Waals surface area contributed by atoms with Gasteiger partial charge in [-0.25, -0.2) is 0 Å². The lowest BCUT2D eigenvalue weighted by molar-refractivity contribution is -0.141. The topological polar surface area (TPSA) is 32.8 Å². The van der Waals surface area contributed by atoms with E-state index in [0.717, 1.165) is 24.9 Å². The Bertz CT molecular complexity index is 750. The Hall–Kier alpha value is -2.17. The molecule has 1 aliphatic heterocycles. The summed E-state index contributed by atoms with van der Waals surface area (Å²) in [6.45, 7) is 5.61. The van der Waals surface area contributed by atoms with Crippen LogP contribution in [0.25, 0.3) is 0 Å². The van der Waals surface area contributed by atoms with Crippen LogP contribution in [0.5, 0.6) is 0 Å². The van der Waals surface area contributed by atoms with Crippen LogP contribution in [0.4, 0.5) is 0 Å². The lowest BCUT2D eigenvalue weighted by atomic mass is 9.73. The first kappa shape index (κ1) is 20.6. The zero-order valence-corrected chi connectivity index (χ0v) is 17.4. The Labute approximate surface area is 169 Å². The Kier molecular flexibility index (Phi) is 6.87. The third kappa shape index (κ3) is 4.62. The first-order valence-corrected chi connectivity index (χ1v) is 10.2. The molecule has 0 radical (unpaired) electrons. The van der Waals surface area contributed by atoms with E-state index in [1.165, 1.54) is 11.1 Å². The molecule has 0 atom stereocenters. The number of nitrogens with zero attached hydrogens (tertiary/aromatic N) is 2. The third-order valence-corrected chi connectivity index (χ3v) is 5.65. The number of benzene rings is 2. The minimum Gasteiger partial charge on any atom is -0.381 e. The van der Waals surface area contributed by atoms with Gasteiger partial charge in [0.15, 0.2) is 0 Å². The summed E-state index contributed by atoms with van der Waals surface area (Å²) in [5.74, 6) is 0.224. The SMILES string of the molecule is CCN(Cc1ccc(CN(C)C)cc1)C(=O)C1(c2ccccc2)CCOCC1. The van der Waals surface area contributed by atoms with Gasteiger partial charge in [-0.3, -0.25) is 4.79 Å². The number of carbonyl (C=O) groups is 1. The summed E-state index contributed by atoms with van der Waals surface area (Å²) in [7, 11) is 4.14. The molecule has 0 N–H and O–H groups in total. The second-order valence-corrected chi connectivity index (χ2v) is 7.93. The van der Waals surface area contributed by atoms with Crippen LogP contribution in [0.1, 0.15) is 36.5 Å². The molecule has 0 saturated carbocycles. The fraction of sp³-hybridized carbons (Fsp3) is 0.458. The highest BCUT2D eigenvalue weighted by Crippen LogP contribution is 2.37. The molecule has 2 aromatic carbocycles. The molecule has 0 bridgehead atoms. The van der Waals surface area contributed by atoms with Gasteiger partial charge in [0, 0.05) is 32.8 Å². The van der Waals surface area contributed by atoms with Crippen molar-refractivity contribution in [3.63, 3.8) is 0 Å². The molecule has 0 aliphatic carbocycles. The number of amides is 1. The van der Waals surface area contributed by atoms with Gasteiger partial charge in [0.05, 0.1) is 5.41 Å². The lowest BCUT2D eigenvalue weighted by Crippen LogP contribution is -2.49. The second-order valence-electron chi connectivity index (χ2n) is 7.93. The molecule has 0 spiro atoms. The van der Waals surface area contributed by atoms with Crippen LogP contribution in [-0.2, 0) is 28.0 Å². The van der Waals surface area contributed by atoms with E-state index < -0.39 is 5.41 Å². The van der Waals surface area contributed by atoms with Gasteiger partial charge in [0.2, 0.25) is 5.91 Å². The molecule has 4 nitrogen and oxygen atoms in total. The minimum absolute atomic E-state index is 0.224. The fourth-order valence-electron chi connectivity index (χ4n) is 4.07. The average Bonchev–Trinajstić information content (AvgIpc) is 2.73. The summed E-state index contributed by atoms with van der Waals surface area (Å²) >= 11 is 0. The molecule has 1 saturated heterocycles. The Balaban J connectivity index is 1.81. The number of rotatable bonds is 7. The highest BCUT2D eigenvalue weighted by atomic mass is 16.5. The van der Waals surface area contributed by atoms with Crippen LogP contribution >= 0.6 is 0 Å². The first-order chi connectivity index (χ1) is 13.5. The number of hydrogen-bond donors (Lipinski definition) is 0. The number of carbonyl (C=O) groups excluding carboxylic acids is 1. The van der Waals surface area contributed by atoms with Gasteiger partial charge in [-0.2, -0.15) is 0 Å². The van der Waals surface area contributed by atoms with E-state index in [4.69, 9.17) is 4.74 Å². The van der Waals surface area contributed by atoms with Crippen LogP contribution in [0.2, 0.25) is 0 Å². The van der Waals surface area contributed by atoms with E-state index in [-0.39, 0.29) is 5.91 Å². The van der Waals surface area contributed by atoms with Gasteiger partial charge < -0.3 is 14.5 Å². The van der Waals surface area contributed by atoms with Crippen molar-refractivity contribution in [2.24, 2.45) is 0 Å². The average molecular weight is 381 g/mol. The summed E-state index contributed by atoms with van der Waals surface area (Å²) in [5, 5.41) is 0. The van der Waals surface area contributed by atoms with Crippen molar-refractivity contribution < 1.29 is 9.53 Å². The van der Waals surface area contributed by atoms with E-state index in [2.05, 4.69) is 62.3 Å². The van der Waals surface area contributed by atoms with Crippen molar-refractivity contribution >= 4 is 5.91 Å². The van der Waals surface area contributed by atoms with Gasteiger partial charge in [-0.1, -0.05) is 54.6 Å². The quantitative estimate of drug-likeness (QED) is 0.732. The Morgan fingerprint density at radius 3 is 2.04 bits per heavy atom. The number of hydrogen-bond acceptors (Lipinski definition) is 3. The largest absolute Gasteiger partial charge is 0.381 e. The van der Waals surface area contributed by atoms with Gasteiger partial charge in [-0.15, -0.1) is 0 Å². The molecule has 1 fully saturated rings. The van der Waals surface area contributed by atoms with E-state index >= 15 is 0 Å². The van der Waals surface area contributed by atoms with Gasteiger partial charge in [0.25, 0.3) is 0 Å². The predicted molar refractivity (Wildman–Crippen MR) is 113 cm³/mol. The van der Waals surface area contributed by atoms with Crippen LogP contribution in [0.15, 0.2) is 54.6 Å². The summed E-state index contributed by atoms with van der Waals surface area (Å²) < 4.78 is 5.60. The minimum atomic E-state index is -0.472. The fourth-order valence-corrected chi connectivity index (χ4v) is 4.07. The highest BCUT2D eigenvalue weighted by molar-refractivity contribution is 5.88. The Morgan fingerprint density at radius 2 is 1.50 bits per heavy atom. The zero-order valence-electron chi connectivity index (χ0n) is 17.4. The van der Waals surface area contributed by atoms with E-state index in [1.807, 2.05) is 23.1 Å². The molecule has 1 heterocycles. The molecule has 0 unspecified atom stereocenters. The molecule has 4 heteroatoms. The van der Waals surface area contributed by atoms with Gasteiger partial charge >= 0.3 is 0 Å².